The fourth-order valence-corrected chi connectivity index (χ4v) is 1.35. The molecule has 0 rings (SSSR count). The standard InChI is InChI=1S/C11H26N2O/c1-5-6-8-13(3)9-7-12-11(2)10-14-4/h11-12H,5-10H2,1-4H3. The van der Waals surface area contributed by atoms with E-state index >= 15 is 0 Å². The van der Waals surface area contributed by atoms with Gasteiger partial charge in [-0.05, 0) is 26.9 Å². The van der Waals surface area contributed by atoms with Gasteiger partial charge in [-0.3, -0.25) is 0 Å². The predicted octanol–water partition coefficient (Wildman–Crippen LogP) is 1.34. The number of ether oxygens (including phenoxy) is 1. The van der Waals surface area contributed by atoms with E-state index in [0.717, 1.165) is 19.7 Å². The van der Waals surface area contributed by atoms with Gasteiger partial charge in [0.2, 0.25) is 0 Å². The Morgan fingerprint density at radius 3 is 2.64 bits per heavy atom. The molecule has 0 radical (unpaired) electrons. The minimum atomic E-state index is 0.458. The van der Waals surface area contributed by atoms with Gasteiger partial charge in [-0.1, -0.05) is 13.3 Å². The van der Waals surface area contributed by atoms with Crippen molar-refractivity contribution >= 4 is 0 Å². The minimum absolute atomic E-state index is 0.458. The second-order valence-corrected chi connectivity index (χ2v) is 3.97. The van der Waals surface area contributed by atoms with E-state index in [1.54, 1.807) is 7.11 Å². The quantitative estimate of drug-likeness (QED) is 0.611. The number of rotatable bonds is 9. The number of nitrogens with zero attached hydrogens (tertiary/aromatic N) is 1. The summed E-state index contributed by atoms with van der Waals surface area (Å²) in [6, 6.07) is 0.458. The Labute approximate surface area is 88.8 Å². The fourth-order valence-electron chi connectivity index (χ4n) is 1.35. The van der Waals surface area contributed by atoms with Gasteiger partial charge in [-0.2, -0.15) is 0 Å². The molecule has 0 aliphatic heterocycles. The summed E-state index contributed by atoms with van der Waals surface area (Å²) < 4.78 is 5.05. The van der Waals surface area contributed by atoms with Crippen molar-refractivity contribution in [1.29, 1.82) is 0 Å². The molecular weight excluding hydrogens is 176 g/mol. The third-order valence-corrected chi connectivity index (χ3v) is 2.30. The highest BCUT2D eigenvalue weighted by Gasteiger charge is 2.01. The molecular formula is C11H26N2O. The van der Waals surface area contributed by atoms with Crippen LogP contribution in [0.2, 0.25) is 0 Å². The smallest absolute Gasteiger partial charge is 0.0613 e. The number of nitrogens with one attached hydrogen (secondary N) is 1. The molecule has 0 aliphatic rings. The summed E-state index contributed by atoms with van der Waals surface area (Å²) in [5.41, 5.74) is 0. The first kappa shape index (κ1) is 13.9. The van der Waals surface area contributed by atoms with Crippen LogP contribution < -0.4 is 5.32 Å². The molecule has 0 spiro atoms. The van der Waals surface area contributed by atoms with E-state index in [-0.39, 0.29) is 0 Å². The van der Waals surface area contributed by atoms with Crippen molar-refractivity contribution in [3.05, 3.63) is 0 Å². The molecule has 0 aromatic carbocycles. The minimum Gasteiger partial charge on any atom is -0.383 e. The highest BCUT2D eigenvalue weighted by atomic mass is 16.5. The zero-order chi connectivity index (χ0) is 10.8. The zero-order valence-corrected chi connectivity index (χ0v) is 10.2. The summed E-state index contributed by atoms with van der Waals surface area (Å²) in [5, 5.41) is 3.42. The number of methoxy groups -OCH3 is 1. The predicted molar refractivity (Wildman–Crippen MR) is 61.7 cm³/mol. The van der Waals surface area contributed by atoms with Gasteiger partial charge in [0.1, 0.15) is 0 Å². The Bertz CT molecular complexity index is 120. The van der Waals surface area contributed by atoms with Gasteiger partial charge < -0.3 is 15.0 Å². The van der Waals surface area contributed by atoms with Crippen LogP contribution in [0.25, 0.3) is 0 Å². The molecule has 0 amide bonds. The van der Waals surface area contributed by atoms with Gasteiger partial charge in [0.25, 0.3) is 0 Å². The SMILES string of the molecule is CCCCN(C)CCNC(C)COC. The maximum atomic E-state index is 5.05. The molecule has 3 nitrogen and oxygen atoms in total. The highest BCUT2D eigenvalue weighted by molar-refractivity contribution is 4.61. The van der Waals surface area contributed by atoms with Crippen molar-refractivity contribution < 1.29 is 4.74 Å². The first-order valence-electron chi connectivity index (χ1n) is 5.61. The zero-order valence-electron chi connectivity index (χ0n) is 10.2. The van der Waals surface area contributed by atoms with Crippen LogP contribution in [-0.2, 0) is 4.74 Å². The second-order valence-electron chi connectivity index (χ2n) is 3.97. The second kappa shape index (κ2) is 9.44. The lowest BCUT2D eigenvalue weighted by Gasteiger charge is -2.18. The van der Waals surface area contributed by atoms with Crippen molar-refractivity contribution in [3.8, 4) is 0 Å². The van der Waals surface area contributed by atoms with Gasteiger partial charge in [0, 0.05) is 26.2 Å². The summed E-state index contributed by atoms with van der Waals surface area (Å²) in [6.45, 7) is 8.54. The third kappa shape index (κ3) is 8.48. The number of likely N-dealkylation sites (N-methyl/N-ethyl adjacent to an activating group) is 1. The van der Waals surface area contributed by atoms with Crippen LogP contribution in [0.15, 0.2) is 0 Å². The van der Waals surface area contributed by atoms with Gasteiger partial charge in [-0.25, -0.2) is 0 Å². The maximum Gasteiger partial charge on any atom is 0.0613 e. The van der Waals surface area contributed by atoms with Crippen LogP contribution in [0.5, 0.6) is 0 Å². The van der Waals surface area contributed by atoms with Crippen LogP contribution in [0.4, 0.5) is 0 Å². The van der Waals surface area contributed by atoms with E-state index in [1.165, 1.54) is 19.4 Å². The van der Waals surface area contributed by atoms with Crippen molar-refractivity contribution in [3.63, 3.8) is 0 Å². The number of unbranched alkanes of at least 4 members (excludes halogenated alkanes) is 1. The molecule has 0 aromatic heterocycles. The summed E-state index contributed by atoms with van der Waals surface area (Å²) in [4.78, 5) is 2.37. The first-order chi connectivity index (χ1) is 6.70. The molecule has 0 aromatic rings. The highest BCUT2D eigenvalue weighted by Crippen LogP contribution is 1.90. The number of hydrogen-bond donors (Lipinski definition) is 1. The molecule has 1 atom stereocenters. The first-order valence-corrected chi connectivity index (χ1v) is 5.61. The molecule has 14 heavy (non-hydrogen) atoms. The van der Waals surface area contributed by atoms with Crippen molar-refractivity contribution in [1.82, 2.24) is 10.2 Å². The molecule has 86 valence electrons. The lowest BCUT2D eigenvalue weighted by Crippen LogP contribution is -2.36. The van der Waals surface area contributed by atoms with Crippen molar-refractivity contribution in [2.45, 2.75) is 32.7 Å². The van der Waals surface area contributed by atoms with Gasteiger partial charge in [0.05, 0.1) is 6.61 Å². The van der Waals surface area contributed by atoms with Crippen molar-refractivity contribution in [2.75, 3.05) is 40.4 Å². The van der Waals surface area contributed by atoms with Gasteiger partial charge in [-0.15, -0.1) is 0 Å². The van der Waals surface area contributed by atoms with E-state index in [9.17, 15) is 0 Å². The molecule has 0 bridgehead atoms. The van der Waals surface area contributed by atoms with E-state index in [2.05, 4.69) is 31.1 Å². The topological polar surface area (TPSA) is 24.5 Å². The third-order valence-electron chi connectivity index (χ3n) is 2.30. The summed E-state index contributed by atoms with van der Waals surface area (Å²) >= 11 is 0. The monoisotopic (exact) mass is 202 g/mol. The molecule has 1 unspecified atom stereocenters. The van der Waals surface area contributed by atoms with E-state index < -0.39 is 0 Å². The Balaban J connectivity index is 3.25. The molecule has 0 saturated carbocycles. The summed E-state index contributed by atoms with van der Waals surface area (Å²) in [6.07, 6.45) is 2.57. The number of hydrogen-bond acceptors (Lipinski definition) is 3. The molecule has 0 heterocycles. The Morgan fingerprint density at radius 2 is 2.07 bits per heavy atom. The molecule has 0 aliphatic carbocycles. The molecule has 0 fully saturated rings. The Kier molecular flexibility index (Phi) is 9.35. The maximum absolute atomic E-state index is 5.05. The van der Waals surface area contributed by atoms with Crippen LogP contribution in [0.3, 0.4) is 0 Å². The Morgan fingerprint density at radius 1 is 1.36 bits per heavy atom. The Hall–Kier alpha value is -0.120. The van der Waals surface area contributed by atoms with Crippen LogP contribution >= 0.6 is 0 Å². The molecule has 0 saturated heterocycles. The fraction of sp³-hybridized carbons (Fsp3) is 1.00. The summed E-state index contributed by atoms with van der Waals surface area (Å²) in [5.74, 6) is 0. The van der Waals surface area contributed by atoms with Crippen molar-refractivity contribution in [2.24, 2.45) is 0 Å². The van der Waals surface area contributed by atoms with Crippen LogP contribution in [-0.4, -0.2) is 51.3 Å². The van der Waals surface area contributed by atoms with Gasteiger partial charge >= 0.3 is 0 Å². The van der Waals surface area contributed by atoms with Gasteiger partial charge in [0.15, 0.2) is 0 Å². The lowest BCUT2D eigenvalue weighted by molar-refractivity contribution is 0.170. The van der Waals surface area contributed by atoms with E-state index in [1.807, 2.05) is 0 Å². The molecule has 3 heteroatoms. The van der Waals surface area contributed by atoms with Crippen LogP contribution in [0.1, 0.15) is 26.7 Å². The average molecular weight is 202 g/mol. The normalized spacial score (nSPS) is 13.5. The average Bonchev–Trinajstić information content (AvgIpc) is 2.15. The largest absolute Gasteiger partial charge is 0.383 e. The molecule has 1 N–H and O–H groups in total. The van der Waals surface area contributed by atoms with E-state index in [4.69, 9.17) is 4.74 Å². The lowest BCUT2D eigenvalue weighted by atomic mass is 10.3. The van der Waals surface area contributed by atoms with Crippen LogP contribution in [0, 0.1) is 0 Å². The van der Waals surface area contributed by atoms with E-state index in [0.29, 0.717) is 6.04 Å². The summed E-state index contributed by atoms with van der Waals surface area (Å²) in [7, 11) is 3.92.